The summed E-state index contributed by atoms with van der Waals surface area (Å²) in [5.74, 6) is 0.643. The van der Waals surface area contributed by atoms with Gasteiger partial charge in [-0.2, -0.15) is 0 Å². The molecule has 0 radical (unpaired) electrons. The van der Waals surface area contributed by atoms with Gasteiger partial charge in [0, 0.05) is 29.5 Å². The normalized spacial score (nSPS) is 16.0. The maximum Gasteiger partial charge on any atom is 0.112 e. The lowest BCUT2D eigenvalue weighted by molar-refractivity contribution is 0.537. The quantitative estimate of drug-likeness (QED) is 0.795. The minimum Gasteiger partial charge on any atom is -0.366 e. The summed E-state index contributed by atoms with van der Waals surface area (Å²) in [5, 5.41) is 0. The molecule has 0 amide bonds. The largest absolute Gasteiger partial charge is 0.366 e. The molecule has 3 rings (SSSR count). The highest BCUT2D eigenvalue weighted by molar-refractivity contribution is 9.10. The molecule has 0 atom stereocenters. The number of rotatable bonds is 4. The highest BCUT2D eigenvalue weighted by atomic mass is 79.9. The number of hydrogen-bond donors (Lipinski definition) is 0. The van der Waals surface area contributed by atoms with E-state index in [1.165, 1.54) is 31.4 Å². The smallest absolute Gasteiger partial charge is 0.112 e. The summed E-state index contributed by atoms with van der Waals surface area (Å²) in [7, 11) is 0. The Hall–Kier alpha value is -1.16. The number of pyridine rings is 2. The Balaban J connectivity index is 2.05. The molecule has 4 heteroatoms. The van der Waals surface area contributed by atoms with Gasteiger partial charge in [-0.1, -0.05) is 26.7 Å². The van der Waals surface area contributed by atoms with Gasteiger partial charge >= 0.3 is 0 Å². The van der Waals surface area contributed by atoms with Crippen molar-refractivity contribution in [3.05, 3.63) is 29.0 Å². The van der Waals surface area contributed by atoms with E-state index < -0.39 is 0 Å². The van der Waals surface area contributed by atoms with Crippen molar-refractivity contribution in [1.29, 1.82) is 0 Å². The summed E-state index contributed by atoms with van der Waals surface area (Å²) < 4.78 is 0.982. The summed E-state index contributed by atoms with van der Waals surface area (Å²) in [6.07, 6.45) is 9.08. The van der Waals surface area contributed by atoms with E-state index in [4.69, 9.17) is 0 Å². The van der Waals surface area contributed by atoms with Crippen molar-refractivity contribution < 1.29 is 0 Å². The van der Waals surface area contributed by atoms with Gasteiger partial charge in [-0.15, -0.1) is 0 Å². The van der Waals surface area contributed by atoms with Crippen molar-refractivity contribution in [1.82, 2.24) is 9.97 Å². The van der Waals surface area contributed by atoms with Gasteiger partial charge < -0.3 is 4.90 Å². The van der Waals surface area contributed by atoms with Crippen molar-refractivity contribution in [2.45, 2.75) is 45.6 Å². The maximum absolute atomic E-state index is 4.63. The van der Waals surface area contributed by atoms with E-state index in [2.05, 4.69) is 50.7 Å². The highest BCUT2D eigenvalue weighted by Gasteiger charge is 2.25. The second-order valence-corrected chi connectivity index (χ2v) is 7.25. The zero-order valence-corrected chi connectivity index (χ0v) is 14.3. The van der Waals surface area contributed by atoms with Crippen molar-refractivity contribution in [3.8, 4) is 0 Å². The van der Waals surface area contributed by atoms with Gasteiger partial charge in [0.05, 0.1) is 11.2 Å². The predicted molar refractivity (Wildman–Crippen MR) is 91.7 cm³/mol. The third-order valence-corrected chi connectivity index (χ3v) is 4.59. The van der Waals surface area contributed by atoms with Crippen LogP contribution < -0.4 is 4.90 Å². The van der Waals surface area contributed by atoms with Crippen LogP contribution in [-0.2, 0) is 0 Å². The van der Waals surface area contributed by atoms with Crippen molar-refractivity contribution in [3.63, 3.8) is 0 Å². The molecular weight excluding hydrogens is 326 g/mol. The van der Waals surface area contributed by atoms with Crippen LogP contribution in [0.25, 0.3) is 11.0 Å². The molecular formula is C17H22BrN3. The standard InChI is InChI=1S/C17H22BrN3/c1-12(2)11-21(14-5-3-4-6-14)16-7-8-19-15-9-13(18)10-20-17(15)16/h7-10,12,14H,3-6,11H2,1-2H3. The predicted octanol–water partition coefficient (Wildman–Crippen LogP) is 4.80. The molecule has 0 unspecified atom stereocenters. The molecule has 3 nitrogen and oxygen atoms in total. The maximum atomic E-state index is 4.63. The number of hydrogen-bond acceptors (Lipinski definition) is 3. The Labute approximate surface area is 134 Å². The van der Waals surface area contributed by atoms with Crippen molar-refractivity contribution in [2.24, 2.45) is 5.92 Å². The molecule has 112 valence electrons. The first-order valence-corrected chi connectivity index (χ1v) is 8.61. The molecule has 0 saturated heterocycles. The fourth-order valence-electron chi connectivity index (χ4n) is 3.28. The molecule has 0 N–H and O–H groups in total. The average Bonchev–Trinajstić information content (AvgIpc) is 2.97. The number of fused-ring (bicyclic) bond motifs is 1. The first-order chi connectivity index (χ1) is 10.1. The number of aromatic nitrogens is 2. The number of nitrogens with zero attached hydrogens (tertiary/aromatic N) is 3. The number of halogens is 1. The lowest BCUT2D eigenvalue weighted by Crippen LogP contribution is -2.36. The zero-order valence-electron chi connectivity index (χ0n) is 12.7. The van der Waals surface area contributed by atoms with Crippen LogP contribution in [0.15, 0.2) is 29.0 Å². The van der Waals surface area contributed by atoms with E-state index in [9.17, 15) is 0 Å². The molecule has 21 heavy (non-hydrogen) atoms. The molecule has 0 aliphatic heterocycles. The minimum absolute atomic E-state index is 0.643. The van der Waals surface area contributed by atoms with Gasteiger partial charge in [-0.25, -0.2) is 0 Å². The molecule has 0 aromatic carbocycles. The van der Waals surface area contributed by atoms with Crippen molar-refractivity contribution in [2.75, 3.05) is 11.4 Å². The second-order valence-electron chi connectivity index (χ2n) is 6.34. The Kier molecular flexibility index (Phi) is 4.43. The molecule has 1 fully saturated rings. The highest BCUT2D eigenvalue weighted by Crippen LogP contribution is 2.32. The lowest BCUT2D eigenvalue weighted by atomic mass is 10.1. The SMILES string of the molecule is CC(C)CN(c1ccnc2cc(Br)cnc12)C1CCCC1. The van der Waals surface area contributed by atoms with Crippen LogP contribution in [0.1, 0.15) is 39.5 Å². The van der Waals surface area contributed by atoms with E-state index in [-0.39, 0.29) is 0 Å². The summed E-state index contributed by atoms with van der Waals surface area (Å²) in [6, 6.07) is 4.83. The molecule has 1 saturated carbocycles. The Bertz CT molecular complexity index is 620. The molecule has 1 aliphatic carbocycles. The third kappa shape index (κ3) is 3.20. The second kappa shape index (κ2) is 6.30. The molecule has 0 bridgehead atoms. The minimum atomic E-state index is 0.643. The van der Waals surface area contributed by atoms with Gasteiger partial charge in [0.25, 0.3) is 0 Å². The molecule has 2 aromatic rings. The van der Waals surface area contributed by atoms with Crippen LogP contribution in [0.2, 0.25) is 0 Å². The number of anilines is 1. The van der Waals surface area contributed by atoms with E-state index in [1.54, 1.807) is 0 Å². The van der Waals surface area contributed by atoms with Gasteiger partial charge in [0.1, 0.15) is 5.52 Å². The summed E-state index contributed by atoms with van der Waals surface area (Å²) in [4.78, 5) is 11.7. The fraction of sp³-hybridized carbons (Fsp3) is 0.529. The van der Waals surface area contributed by atoms with Crippen LogP contribution in [0, 0.1) is 5.92 Å². The Morgan fingerprint density at radius 1 is 1.29 bits per heavy atom. The van der Waals surface area contributed by atoms with E-state index in [1.807, 2.05) is 18.5 Å². The fourth-order valence-corrected chi connectivity index (χ4v) is 3.60. The van der Waals surface area contributed by atoms with Gasteiger partial charge in [-0.05, 0) is 46.8 Å². The van der Waals surface area contributed by atoms with Crippen LogP contribution in [0.4, 0.5) is 5.69 Å². The lowest BCUT2D eigenvalue weighted by Gasteiger charge is -2.33. The van der Waals surface area contributed by atoms with Crippen LogP contribution in [0.3, 0.4) is 0 Å². The topological polar surface area (TPSA) is 29.0 Å². The zero-order chi connectivity index (χ0) is 14.8. The Morgan fingerprint density at radius 2 is 2.05 bits per heavy atom. The van der Waals surface area contributed by atoms with Crippen LogP contribution in [-0.4, -0.2) is 22.6 Å². The molecule has 0 spiro atoms. The average molecular weight is 348 g/mol. The van der Waals surface area contributed by atoms with Gasteiger partial charge in [0.2, 0.25) is 0 Å². The van der Waals surface area contributed by atoms with Crippen LogP contribution in [0.5, 0.6) is 0 Å². The van der Waals surface area contributed by atoms with E-state index in [0.717, 1.165) is 22.1 Å². The summed E-state index contributed by atoms with van der Waals surface area (Å²) in [6.45, 7) is 5.66. The van der Waals surface area contributed by atoms with Gasteiger partial charge in [-0.3, -0.25) is 9.97 Å². The molecule has 2 heterocycles. The first-order valence-electron chi connectivity index (χ1n) is 7.82. The van der Waals surface area contributed by atoms with E-state index in [0.29, 0.717) is 12.0 Å². The summed E-state index contributed by atoms with van der Waals surface area (Å²) >= 11 is 3.48. The first kappa shape index (κ1) is 14.8. The van der Waals surface area contributed by atoms with Gasteiger partial charge in [0.15, 0.2) is 0 Å². The van der Waals surface area contributed by atoms with E-state index >= 15 is 0 Å². The van der Waals surface area contributed by atoms with Crippen LogP contribution >= 0.6 is 15.9 Å². The van der Waals surface area contributed by atoms with Crippen molar-refractivity contribution >= 4 is 32.7 Å². The Morgan fingerprint density at radius 3 is 2.76 bits per heavy atom. The molecule has 2 aromatic heterocycles. The third-order valence-electron chi connectivity index (χ3n) is 4.16. The summed E-state index contributed by atoms with van der Waals surface area (Å²) in [5.41, 5.74) is 3.23. The molecule has 1 aliphatic rings. The monoisotopic (exact) mass is 347 g/mol.